The van der Waals surface area contributed by atoms with Gasteiger partial charge in [-0.05, 0) is 46.1 Å². The quantitative estimate of drug-likeness (QED) is 0.906. The lowest BCUT2D eigenvalue weighted by Gasteiger charge is -2.36. The molecular weight excluding hydrogens is 282 g/mol. The molecule has 1 aromatic rings. The number of carboxylic acid groups (broad SMARTS) is 1. The predicted molar refractivity (Wildman–Crippen MR) is 82.5 cm³/mol. The Labute approximate surface area is 130 Å². The van der Waals surface area contributed by atoms with E-state index in [1.807, 2.05) is 30.3 Å². The van der Waals surface area contributed by atoms with E-state index in [0.29, 0.717) is 12.8 Å². The average molecular weight is 305 g/mol. The van der Waals surface area contributed by atoms with Crippen molar-refractivity contribution in [1.29, 1.82) is 0 Å². The minimum absolute atomic E-state index is 0.280. The molecule has 1 amide bonds. The molecule has 120 valence electrons. The van der Waals surface area contributed by atoms with Crippen molar-refractivity contribution in [1.82, 2.24) is 4.90 Å². The number of ether oxygens (including phenoxy) is 1. The maximum Gasteiger partial charge on any atom is 0.411 e. The van der Waals surface area contributed by atoms with Gasteiger partial charge < -0.3 is 9.84 Å². The van der Waals surface area contributed by atoms with Gasteiger partial charge in [0.25, 0.3) is 0 Å². The Kier molecular flexibility index (Phi) is 4.18. The van der Waals surface area contributed by atoms with Gasteiger partial charge in [0.05, 0.1) is 6.04 Å². The number of carbonyl (C=O) groups excluding carboxylic acids is 1. The van der Waals surface area contributed by atoms with E-state index < -0.39 is 23.2 Å². The van der Waals surface area contributed by atoms with Gasteiger partial charge in [-0.3, -0.25) is 4.90 Å². The summed E-state index contributed by atoms with van der Waals surface area (Å²) >= 11 is 0. The maximum absolute atomic E-state index is 12.6. The van der Waals surface area contributed by atoms with E-state index >= 15 is 0 Å². The van der Waals surface area contributed by atoms with E-state index in [-0.39, 0.29) is 6.04 Å². The first-order valence-corrected chi connectivity index (χ1v) is 7.46. The molecule has 0 spiro atoms. The second-order valence-corrected chi connectivity index (χ2v) is 6.89. The zero-order valence-corrected chi connectivity index (χ0v) is 13.5. The molecule has 1 fully saturated rings. The summed E-state index contributed by atoms with van der Waals surface area (Å²) in [6.45, 7) is 6.91. The molecule has 0 unspecified atom stereocenters. The first kappa shape index (κ1) is 16.3. The number of benzene rings is 1. The van der Waals surface area contributed by atoms with Crippen LogP contribution in [0.25, 0.3) is 0 Å². The molecule has 22 heavy (non-hydrogen) atoms. The van der Waals surface area contributed by atoms with Gasteiger partial charge in [0.1, 0.15) is 11.1 Å². The first-order chi connectivity index (χ1) is 10.1. The Bertz CT molecular complexity index is 564. The fourth-order valence-corrected chi connectivity index (χ4v) is 2.85. The first-order valence-electron chi connectivity index (χ1n) is 7.46. The molecule has 1 aromatic carbocycles. The fraction of sp³-hybridized carbons (Fsp3) is 0.529. The Morgan fingerprint density at radius 1 is 1.27 bits per heavy atom. The Balaban J connectivity index is 2.39. The van der Waals surface area contributed by atoms with Gasteiger partial charge in [-0.25, -0.2) is 9.59 Å². The highest BCUT2D eigenvalue weighted by atomic mass is 16.6. The number of aliphatic carboxylic acids is 1. The monoisotopic (exact) mass is 305 g/mol. The molecule has 1 aliphatic heterocycles. The van der Waals surface area contributed by atoms with Crippen LogP contribution >= 0.6 is 0 Å². The van der Waals surface area contributed by atoms with Crippen LogP contribution < -0.4 is 0 Å². The van der Waals surface area contributed by atoms with Crippen molar-refractivity contribution in [2.45, 2.75) is 57.7 Å². The summed E-state index contributed by atoms with van der Waals surface area (Å²) < 4.78 is 5.44. The lowest BCUT2D eigenvalue weighted by molar-refractivity contribution is -0.149. The molecule has 0 bridgehead atoms. The molecule has 2 rings (SSSR count). The molecule has 0 aromatic heterocycles. The van der Waals surface area contributed by atoms with Crippen LogP contribution in [0.5, 0.6) is 0 Å². The molecule has 1 N–H and O–H groups in total. The highest BCUT2D eigenvalue weighted by molar-refractivity contribution is 5.85. The van der Waals surface area contributed by atoms with E-state index in [4.69, 9.17) is 4.74 Å². The van der Waals surface area contributed by atoms with Crippen molar-refractivity contribution in [3.63, 3.8) is 0 Å². The average Bonchev–Trinajstić information content (AvgIpc) is 2.77. The molecular formula is C17H23NO4. The summed E-state index contributed by atoms with van der Waals surface area (Å²) in [6.07, 6.45) is 0.427. The molecule has 5 heteroatoms. The fourth-order valence-electron chi connectivity index (χ4n) is 2.85. The zero-order chi connectivity index (χ0) is 16.5. The largest absolute Gasteiger partial charge is 0.480 e. The number of carboxylic acids is 1. The van der Waals surface area contributed by atoms with Gasteiger partial charge in [-0.2, -0.15) is 0 Å². The van der Waals surface area contributed by atoms with Crippen LogP contribution in [-0.4, -0.2) is 33.2 Å². The molecule has 0 aliphatic carbocycles. The second kappa shape index (κ2) is 5.63. The highest BCUT2D eigenvalue weighted by Gasteiger charge is 2.52. The second-order valence-electron chi connectivity index (χ2n) is 6.89. The Morgan fingerprint density at radius 3 is 2.36 bits per heavy atom. The third-order valence-corrected chi connectivity index (χ3v) is 3.98. The van der Waals surface area contributed by atoms with Crippen LogP contribution in [0, 0.1) is 0 Å². The van der Waals surface area contributed by atoms with Gasteiger partial charge in [0.15, 0.2) is 0 Å². The summed E-state index contributed by atoms with van der Waals surface area (Å²) in [7, 11) is 0. The number of hydrogen-bond acceptors (Lipinski definition) is 3. The van der Waals surface area contributed by atoms with Gasteiger partial charge in [0, 0.05) is 0 Å². The number of carbonyl (C=O) groups is 2. The minimum Gasteiger partial charge on any atom is -0.480 e. The number of rotatable bonds is 2. The van der Waals surface area contributed by atoms with Crippen LogP contribution in [0.15, 0.2) is 30.3 Å². The summed E-state index contributed by atoms with van der Waals surface area (Å²) in [6, 6.07) is 9.22. The van der Waals surface area contributed by atoms with E-state index in [1.54, 1.807) is 27.7 Å². The van der Waals surface area contributed by atoms with Crippen LogP contribution in [0.4, 0.5) is 4.79 Å². The van der Waals surface area contributed by atoms with Crippen LogP contribution in [0.1, 0.15) is 52.1 Å². The Morgan fingerprint density at radius 2 is 1.86 bits per heavy atom. The maximum atomic E-state index is 12.6. The van der Waals surface area contributed by atoms with Gasteiger partial charge in [-0.15, -0.1) is 0 Å². The van der Waals surface area contributed by atoms with Crippen molar-refractivity contribution >= 4 is 12.1 Å². The van der Waals surface area contributed by atoms with Gasteiger partial charge >= 0.3 is 12.1 Å². The van der Waals surface area contributed by atoms with Crippen LogP contribution in [0.2, 0.25) is 0 Å². The molecule has 0 saturated carbocycles. The molecule has 2 atom stereocenters. The highest BCUT2D eigenvalue weighted by Crippen LogP contribution is 2.43. The molecule has 5 nitrogen and oxygen atoms in total. The normalized spacial score (nSPS) is 25.1. The standard InChI is InChI=1S/C17H23NO4/c1-16(2,3)22-15(21)18-13(12-8-6-5-7-9-12)10-11-17(18,4)14(19)20/h5-9,13H,10-11H2,1-4H3,(H,19,20)/t13-,17+/m1/s1. The Hall–Kier alpha value is -2.04. The zero-order valence-electron chi connectivity index (χ0n) is 13.5. The minimum atomic E-state index is -1.25. The van der Waals surface area contributed by atoms with Crippen LogP contribution in [-0.2, 0) is 9.53 Å². The molecule has 1 aliphatic rings. The van der Waals surface area contributed by atoms with Crippen molar-refractivity contribution < 1.29 is 19.4 Å². The number of amides is 1. The third kappa shape index (κ3) is 3.08. The number of likely N-dealkylation sites (tertiary alicyclic amines) is 1. The number of hydrogen-bond donors (Lipinski definition) is 1. The smallest absolute Gasteiger partial charge is 0.411 e. The topological polar surface area (TPSA) is 66.8 Å². The lowest BCUT2D eigenvalue weighted by atomic mass is 10.00. The van der Waals surface area contributed by atoms with E-state index in [1.165, 1.54) is 4.90 Å². The summed E-state index contributed by atoms with van der Waals surface area (Å²) in [4.78, 5) is 25.7. The van der Waals surface area contributed by atoms with E-state index in [2.05, 4.69) is 0 Å². The lowest BCUT2D eigenvalue weighted by Crippen LogP contribution is -2.52. The summed E-state index contributed by atoms with van der Waals surface area (Å²) in [5.74, 6) is -1.00. The van der Waals surface area contributed by atoms with Crippen LogP contribution in [0.3, 0.4) is 0 Å². The molecule has 1 heterocycles. The predicted octanol–water partition coefficient (Wildman–Crippen LogP) is 3.60. The summed E-state index contributed by atoms with van der Waals surface area (Å²) in [5, 5.41) is 9.61. The van der Waals surface area contributed by atoms with Crippen molar-refractivity contribution in [3.8, 4) is 0 Å². The SMILES string of the molecule is CC(C)(C)OC(=O)N1[C@@H](c2ccccc2)CC[C@@]1(C)C(=O)O. The van der Waals surface area contributed by atoms with E-state index in [9.17, 15) is 14.7 Å². The third-order valence-electron chi connectivity index (χ3n) is 3.98. The van der Waals surface area contributed by atoms with Crippen molar-refractivity contribution in [2.75, 3.05) is 0 Å². The van der Waals surface area contributed by atoms with Gasteiger partial charge in [0.2, 0.25) is 0 Å². The summed E-state index contributed by atoms with van der Waals surface area (Å²) in [5.41, 5.74) is -0.985. The van der Waals surface area contributed by atoms with E-state index in [0.717, 1.165) is 5.56 Å². The number of nitrogens with zero attached hydrogens (tertiary/aromatic N) is 1. The van der Waals surface area contributed by atoms with Crippen molar-refractivity contribution in [2.24, 2.45) is 0 Å². The van der Waals surface area contributed by atoms with Gasteiger partial charge in [-0.1, -0.05) is 30.3 Å². The molecule has 1 saturated heterocycles. The molecule has 0 radical (unpaired) electrons. The van der Waals surface area contributed by atoms with Crippen molar-refractivity contribution in [3.05, 3.63) is 35.9 Å².